The molecule has 0 spiro atoms. The molecule has 98 valence electrons. The normalized spacial score (nSPS) is 10.2. The molecule has 2 rings (SSSR count). The zero-order chi connectivity index (χ0) is 14.0. The number of benzene rings is 1. The Morgan fingerprint density at radius 3 is 2.63 bits per heavy atom. The maximum atomic E-state index is 11.5. The highest BCUT2D eigenvalue weighted by molar-refractivity contribution is 6.00. The molecule has 0 aliphatic rings. The lowest BCUT2D eigenvalue weighted by Crippen LogP contribution is -2.16. The molecule has 0 bridgehead atoms. The molecule has 1 amide bonds. The standard InChI is InChI=1S/C14H16N4O/c1-8-6-12(13(14(16)19)9(2)17-8)18-11-5-3-4-10(15)7-11/h3-7H,15H2,1-2H3,(H2,16,19)(H,17,18). The van der Waals surface area contributed by atoms with Gasteiger partial charge in [0.15, 0.2) is 0 Å². The van der Waals surface area contributed by atoms with E-state index in [0.717, 1.165) is 11.4 Å². The van der Waals surface area contributed by atoms with Gasteiger partial charge >= 0.3 is 0 Å². The van der Waals surface area contributed by atoms with Crippen LogP contribution in [0.1, 0.15) is 21.7 Å². The molecule has 0 atom stereocenters. The number of anilines is 3. The minimum Gasteiger partial charge on any atom is -0.399 e. The van der Waals surface area contributed by atoms with Crippen LogP contribution in [0.2, 0.25) is 0 Å². The number of rotatable bonds is 3. The van der Waals surface area contributed by atoms with Crippen molar-refractivity contribution in [1.29, 1.82) is 0 Å². The molecular formula is C14H16N4O. The summed E-state index contributed by atoms with van der Waals surface area (Å²) >= 11 is 0. The van der Waals surface area contributed by atoms with Crippen LogP contribution in [-0.4, -0.2) is 10.9 Å². The summed E-state index contributed by atoms with van der Waals surface area (Å²) in [6.45, 7) is 3.62. The van der Waals surface area contributed by atoms with Gasteiger partial charge < -0.3 is 16.8 Å². The molecule has 1 aromatic heterocycles. The Bertz CT molecular complexity index is 637. The minimum absolute atomic E-state index is 0.396. The maximum Gasteiger partial charge on any atom is 0.252 e. The number of carbonyl (C=O) groups is 1. The van der Waals surface area contributed by atoms with Crippen LogP contribution in [0.5, 0.6) is 0 Å². The van der Waals surface area contributed by atoms with E-state index in [2.05, 4.69) is 10.3 Å². The number of nitrogens with zero attached hydrogens (tertiary/aromatic N) is 1. The van der Waals surface area contributed by atoms with Gasteiger partial charge in [-0.15, -0.1) is 0 Å². The van der Waals surface area contributed by atoms with Gasteiger partial charge in [0.25, 0.3) is 5.91 Å². The summed E-state index contributed by atoms with van der Waals surface area (Å²) < 4.78 is 0. The highest BCUT2D eigenvalue weighted by Crippen LogP contribution is 2.24. The second kappa shape index (κ2) is 4.97. The van der Waals surface area contributed by atoms with Crippen molar-refractivity contribution in [2.24, 2.45) is 5.73 Å². The number of nitrogen functional groups attached to an aromatic ring is 1. The van der Waals surface area contributed by atoms with Gasteiger partial charge in [-0.25, -0.2) is 0 Å². The second-order valence-electron chi connectivity index (χ2n) is 4.39. The first-order valence-electron chi connectivity index (χ1n) is 5.88. The van der Waals surface area contributed by atoms with Gasteiger partial charge in [-0.3, -0.25) is 9.78 Å². The Morgan fingerprint density at radius 1 is 1.26 bits per heavy atom. The molecule has 0 saturated heterocycles. The first-order chi connectivity index (χ1) is 8.97. The van der Waals surface area contributed by atoms with Crippen molar-refractivity contribution < 1.29 is 4.79 Å². The fourth-order valence-electron chi connectivity index (χ4n) is 2.01. The number of carbonyl (C=O) groups excluding carboxylic acids is 1. The van der Waals surface area contributed by atoms with Crippen LogP contribution in [-0.2, 0) is 0 Å². The van der Waals surface area contributed by atoms with Crippen molar-refractivity contribution in [2.45, 2.75) is 13.8 Å². The van der Waals surface area contributed by atoms with Crippen LogP contribution in [0.15, 0.2) is 30.3 Å². The van der Waals surface area contributed by atoms with E-state index in [4.69, 9.17) is 11.5 Å². The first-order valence-corrected chi connectivity index (χ1v) is 5.88. The summed E-state index contributed by atoms with van der Waals surface area (Å²) in [7, 11) is 0. The Balaban J connectivity index is 2.47. The average molecular weight is 256 g/mol. The molecule has 5 nitrogen and oxygen atoms in total. The number of amides is 1. The number of primary amides is 1. The highest BCUT2D eigenvalue weighted by Gasteiger charge is 2.13. The number of nitrogens with two attached hydrogens (primary N) is 2. The number of hydrogen-bond donors (Lipinski definition) is 3. The lowest BCUT2D eigenvalue weighted by Gasteiger charge is -2.13. The van der Waals surface area contributed by atoms with Crippen LogP contribution in [0, 0.1) is 13.8 Å². The van der Waals surface area contributed by atoms with Gasteiger partial charge in [0.1, 0.15) is 0 Å². The molecule has 5 N–H and O–H groups in total. The van der Waals surface area contributed by atoms with Crippen molar-refractivity contribution >= 4 is 23.0 Å². The second-order valence-corrected chi connectivity index (χ2v) is 4.39. The van der Waals surface area contributed by atoms with E-state index in [9.17, 15) is 4.79 Å². The molecule has 1 heterocycles. The van der Waals surface area contributed by atoms with E-state index in [-0.39, 0.29) is 0 Å². The lowest BCUT2D eigenvalue weighted by atomic mass is 10.1. The fraction of sp³-hybridized carbons (Fsp3) is 0.143. The lowest BCUT2D eigenvalue weighted by molar-refractivity contribution is 0.1000. The fourth-order valence-corrected chi connectivity index (χ4v) is 2.01. The van der Waals surface area contributed by atoms with Crippen molar-refractivity contribution in [3.8, 4) is 0 Å². The predicted octanol–water partition coefficient (Wildman–Crippen LogP) is 2.12. The van der Waals surface area contributed by atoms with Crippen LogP contribution in [0.4, 0.5) is 17.1 Å². The maximum absolute atomic E-state index is 11.5. The third-order valence-electron chi connectivity index (χ3n) is 2.74. The first kappa shape index (κ1) is 12.9. The van der Waals surface area contributed by atoms with Crippen molar-refractivity contribution in [2.75, 3.05) is 11.1 Å². The van der Waals surface area contributed by atoms with Crippen molar-refractivity contribution in [1.82, 2.24) is 4.98 Å². The molecule has 0 aliphatic heterocycles. The smallest absolute Gasteiger partial charge is 0.252 e. The van der Waals surface area contributed by atoms with Crippen LogP contribution in [0.3, 0.4) is 0 Å². The molecule has 5 heteroatoms. The summed E-state index contributed by atoms with van der Waals surface area (Å²) in [5, 5.41) is 3.16. The Labute approximate surface area is 111 Å². The van der Waals surface area contributed by atoms with Gasteiger partial charge in [-0.1, -0.05) is 6.07 Å². The Hall–Kier alpha value is -2.56. The van der Waals surface area contributed by atoms with E-state index in [1.807, 2.05) is 19.1 Å². The van der Waals surface area contributed by atoms with Crippen molar-refractivity contribution in [3.05, 3.63) is 47.3 Å². The minimum atomic E-state index is -0.503. The largest absolute Gasteiger partial charge is 0.399 e. The van der Waals surface area contributed by atoms with E-state index in [1.54, 1.807) is 25.1 Å². The summed E-state index contributed by atoms with van der Waals surface area (Å²) in [6.07, 6.45) is 0. The van der Waals surface area contributed by atoms with Gasteiger partial charge in [-0.2, -0.15) is 0 Å². The topological polar surface area (TPSA) is 94.0 Å². The molecular weight excluding hydrogens is 240 g/mol. The zero-order valence-corrected chi connectivity index (χ0v) is 10.9. The number of aromatic nitrogens is 1. The van der Waals surface area contributed by atoms with Crippen LogP contribution in [0.25, 0.3) is 0 Å². The van der Waals surface area contributed by atoms with E-state index in [0.29, 0.717) is 22.6 Å². The molecule has 2 aromatic rings. The average Bonchev–Trinajstić information content (AvgIpc) is 2.26. The Morgan fingerprint density at radius 2 is 2.00 bits per heavy atom. The van der Waals surface area contributed by atoms with Gasteiger partial charge in [0.05, 0.1) is 16.9 Å². The summed E-state index contributed by atoms with van der Waals surface area (Å²) in [4.78, 5) is 15.8. The molecule has 0 radical (unpaired) electrons. The molecule has 0 saturated carbocycles. The van der Waals surface area contributed by atoms with Gasteiger partial charge in [0.2, 0.25) is 0 Å². The molecule has 0 aliphatic carbocycles. The third kappa shape index (κ3) is 2.82. The molecule has 0 unspecified atom stereocenters. The SMILES string of the molecule is Cc1cc(Nc2cccc(N)c2)c(C(N)=O)c(C)n1. The quantitative estimate of drug-likeness (QED) is 0.733. The molecule has 19 heavy (non-hydrogen) atoms. The van der Waals surface area contributed by atoms with Gasteiger partial charge in [-0.05, 0) is 38.1 Å². The van der Waals surface area contributed by atoms with Crippen LogP contribution >= 0.6 is 0 Å². The number of aryl methyl sites for hydroxylation is 2. The summed E-state index contributed by atoms with van der Waals surface area (Å²) in [5.41, 5.74) is 15.0. The number of hydrogen-bond acceptors (Lipinski definition) is 4. The van der Waals surface area contributed by atoms with Crippen LogP contribution < -0.4 is 16.8 Å². The molecule has 0 fully saturated rings. The van der Waals surface area contributed by atoms with E-state index in [1.165, 1.54) is 0 Å². The van der Waals surface area contributed by atoms with E-state index >= 15 is 0 Å². The highest BCUT2D eigenvalue weighted by atomic mass is 16.1. The zero-order valence-electron chi connectivity index (χ0n) is 10.9. The van der Waals surface area contributed by atoms with Gasteiger partial charge in [0, 0.05) is 17.1 Å². The number of nitrogens with one attached hydrogen (secondary N) is 1. The van der Waals surface area contributed by atoms with Crippen molar-refractivity contribution in [3.63, 3.8) is 0 Å². The summed E-state index contributed by atoms with van der Waals surface area (Å²) in [5.74, 6) is -0.503. The third-order valence-corrected chi connectivity index (χ3v) is 2.74. The predicted molar refractivity (Wildman–Crippen MR) is 76.4 cm³/mol. The monoisotopic (exact) mass is 256 g/mol. The summed E-state index contributed by atoms with van der Waals surface area (Å²) in [6, 6.07) is 9.07. The molecule has 1 aromatic carbocycles. The number of pyridine rings is 1. The van der Waals surface area contributed by atoms with E-state index < -0.39 is 5.91 Å². The Kier molecular flexibility index (Phi) is 3.37.